The Hall–Kier alpha value is -2.38. The zero-order valence-corrected chi connectivity index (χ0v) is 15.2. The summed E-state index contributed by atoms with van der Waals surface area (Å²) in [5.41, 5.74) is 2.26. The van der Waals surface area contributed by atoms with Crippen LogP contribution in [0.2, 0.25) is 5.02 Å². The van der Waals surface area contributed by atoms with Gasteiger partial charge in [-0.1, -0.05) is 29.7 Å². The van der Waals surface area contributed by atoms with Gasteiger partial charge in [0.1, 0.15) is 0 Å². The lowest BCUT2D eigenvalue weighted by Crippen LogP contribution is -2.38. The van der Waals surface area contributed by atoms with Gasteiger partial charge in [0.15, 0.2) is 0 Å². The van der Waals surface area contributed by atoms with Gasteiger partial charge in [-0.05, 0) is 38.1 Å². The fourth-order valence-electron chi connectivity index (χ4n) is 2.20. The molecule has 2 aromatic rings. The Morgan fingerprint density at radius 1 is 1.16 bits per heavy atom. The number of carbonyl (C=O) groups excluding carboxylic acids is 2. The summed E-state index contributed by atoms with van der Waals surface area (Å²) in [5.74, 6) is -0.196. The maximum atomic E-state index is 12.2. The first-order chi connectivity index (χ1) is 11.9. The molecule has 1 aromatic heterocycles. The Morgan fingerprint density at radius 3 is 2.44 bits per heavy atom. The van der Waals surface area contributed by atoms with E-state index in [9.17, 15) is 9.59 Å². The average molecular weight is 365 g/mol. The summed E-state index contributed by atoms with van der Waals surface area (Å²) >= 11 is 5.95. The highest BCUT2D eigenvalue weighted by Crippen LogP contribution is 2.20. The maximum absolute atomic E-state index is 12.2. The Bertz CT molecular complexity index is 760. The molecule has 134 valence electrons. The summed E-state index contributed by atoms with van der Waals surface area (Å²) in [5, 5.41) is 9.68. The second-order valence-corrected chi connectivity index (χ2v) is 6.13. The van der Waals surface area contributed by atoms with Crippen LogP contribution in [0.1, 0.15) is 18.2 Å². The number of anilines is 2. The Labute approximate surface area is 151 Å². The van der Waals surface area contributed by atoms with Gasteiger partial charge in [-0.25, -0.2) is 0 Å². The minimum Gasteiger partial charge on any atom is -0.338 e. The predicted octanol–water partition coefficient (Wildman–Crippen LogP) is 2.84. The summed E-state index contributed by atoms with van der Waals surface area (Å²) in [6.07, 6.45) is 0. The minimum atomic E-state index is -0.273. The zero-order chi connectivity index (χ0) is 18.4. The number of halogens is 1. The van der Waals surface area contributed by atoms with Crippen LogP contribution in [0, 0.1) is 13.8 Å². The van der Waals surface area contributed by atoms with Crippen molar-refractivity contribution in [3.8, 4) is 0 Å². The van der Waals surface area contributed by atoms with E-state index in [-0.39, 0.29) is 30.8 Å². The number of aryl methyl sites for hydroxylation is 2. The van der Waals surface area contributed by atoms with Crippen LogP contribution in [0.15, 0.2) is 28.8 Å². The van der Waals surface area contributed by atoms with Gasteiger partial charge >= 0.3 is 0 Å². The predicted molar refractivity (Wildman–Crippen MR) is 96.8 cm³/mol. The highest BCUT2D eigenvalue weighted by atomic mass is 35.5. The normalized spacial score (nSPS) is 10.8. The number of amides is 2. The van der Waals surface area contributed by atoms with E-state index in [0.29, 0.717) is 22.9 Å². The van der Waals surface area contributed by atoms with Gasteiger partial charge < -0.3 is 9.84 Å². The quantitative estimate of drug-likeness (QED) is 0.788. The van der Waals surface area contributed by atoms with Crippen molar-refractivity contribution in [2.24, 2.45) is 0 Å². The molecule has 0 aliphatic carbocycles. The highest BCUT2D eigenvalue weighted by molar-refractivity contribution is 6.31. The third-order valence-electron chi connectivity index (χ3n) is 3.55. The molecule has 1 heterocycles. The van der Waals surface area contributed by atoms with E-state index in [4.69, 9.17) is 16.1 Å². The lowest BCUT2D eigenvalue weighted by atomic mass is 10.2. The molecule has 0 saturated heterocycles. The fraction of sp³-hybridized carbons (Fsp3) is 0.353. The molecule has 0 unspecified atom stereocenters. The van der Waals surface area contributed by atoms with Crippen molar-refractivity contribution in [3.05, 3.63) is 40.5 Å². The molecule has 0 spiro atoms. The minimum absolute atomic E-state index is 0.0677. The monoisotopic (exact) mass is 364 g/mol. The highest BCUT2D eigenvalue weighted by Gasteiger charge is 2.15. The van der Waals surface area contributed by atoms with Crippen LogP contribution in [-0.2, 0) is 9.59 Å². The van der Waals surface area contributed by atoms with Crippen LogP contribution in [0.25, 0.3) is 0 Å². The molecule has 0 aliphatic rings. The van der Waals surface area contributed by atoms with Gasteiger partial charge in [0.05, 0.1) is 18.8 Å². The summed E-state index contributed by atoms with van der Waals surface area (Å²) in [6, 6.07) is 6.93. The topological polar surface area (TPSA) is 87.5 Å². The maximum Gasteiger partial charge on any atom is 0.240 e. The molecule has 25 heavy (non-hydrogen) atoms. The van der Waals surface area contributed by atoms with E-state index in [1.807, 2.05) is 19.9 Å². The molecule has 0 radical (unpaired) electrons. The third-order valence-corrected chi connectivity index (χ3v) is 3.78. The van der Waals surface area contributed by atoms with Crippen LogP contribution in [0.5, 0.6) is 0 Å². The van der Waals surface area contributed by atoms with Crippen LogP contribution in [0.3, 0.4) is 0 Å². The lowest BCUT2D eigenvalue weighted by molar-refractivity contribution is -0.120. The van der Waals surface area contributed by atoms with Crippen molar-refractivity contribution in [3.63, 3.8) is 0 Å². The number of nitrogens with zero attached hydrogens (tertiary/aromatic N) is 2. The molecule has 1 aromatic carbocycles. The number of nitrogens with one attached hydrogen (secondary N) is 2. The van der Waals surface area contributed by atoms with Crippen LogP contribution in [0.4, 0.5) is 11.6 Å². The summed E-state index contributed by atoms with van der Waals surface area (Å²) < 4.78 is 4.94. The smallest absolute Gasteiger partial charge is 0.240 e. The van der Waals surface area contributed by atoms with E-state index >= 15 is 0 Å². The number of likely N-dealkylation sites (N-methyl/N-ethyl adjacent to an activating group) is 1. The standard InChI is InChI=1S/C17H21ClN4O3/c1-4-22(10-16(24)20-17-7-12(3)21-25-17)9-15(23)19-14-8-13(18)6-5-11(14)2/h5-8H,4,9-10H2,1-3H3,(H,19,23)(H,20,24). The number of rotatable bonds is 7. The van der Waals surface area contributed by atoms with E-state index < -0.39 is 0 Å². The molecule has 2 rings (SSSR count). The largest absolute Gasteiger partial charge is 0.338 e. The molecular weight excluding hydrogens is 344 g/mol. The van der Waals surface area contributed by atoms with Crippen molar-refractivity contribution < 1.29 is 14.1 Å². The van der Waals surface area contributed by atoms with Crippen molar-refractivity contribution in [2.75, 3.05) is 30.3 Å². The van der Waals surface area contributed by atoms with E-state index in [1.165, 1.54) is 0 Å². The van der Waals surface area contributed by atoms with Crippen LogP contribution < -0.4 is 10.6 Å². The van der Waals surface area contributed by atoms with Gasteiger partial charge in [-0.15, -0.1) is 0 Å². The number of aromatic nitrogens is 1. The number of hydrogen-bond acceptors (Lipinski definition) is 5. The molecular formula is C17H21ClN4O3. The number of hydrogen-bond donors (Lipinski definition) is 2. The van der Waals surface area contributed by atoms with Crippen molar-refractivity contribution in [2.45, 2.75) is 20.8 Å². The Kier molecular flexibility index (Phi) is 6.55. The summed E-state index contributed by atoms with van der Waals surface area (Å²) in [4.78, 5) is 26.0. The molecule has 2 N–H and O–H groups in total. The number of carbonyl (C=O) groups is 2. The second-order valence-electron chi connectivity index (χ2n) is 5.69. The summed E-state index contributed by atoms with van der Waals surface area (Å²) in [6.45, 7) is 6.23. The van der Waals surface area contributed by atoms with Crippen molar-refractivity contribution in [1.82, 2.24) is 10.1 Å². The van der Waals surface area contributed by atoms with Gasteiger partial charge in [0.2, 0.25) is 17.7 Å². The van der Waals surface area contributed by atoms with Gasteiger partial charge in [-0.2, -0.15) is 0 Å². The first-order valence-electron chi connectivity index (χ1n) is 7.89. The first kappa shape index (κ1) is 19.0. The number of benzene rings is 1. The van der Waals surface area contributed by atoms with Gasteiger partial charge in [0.25, 0.3) is 0 Å². The van der Waals surface area contributed by atoms with Crippen molar-refractivity contribution >= 4 is 35.0 Å². The lowest BCUT2D eigenvalue weighted by Gasteiger charge is -2.19. The first-order valence-corrected chi connectivity index (χ1v) is 8.26. The second kappa shape index (κ2) is 8.64. The Balaban J connectivity index is 1.88. The van der Waals surface area contributed by atoms with Crippen LogP contribution in [-0.4, -0.2) is 41.5 Å². The molecule has 0 aliphatic heterocycles. The van der Waals surface area contributed by atoms with Crippen LogP contribution >= 0.6 is 11.6 Å². The van der Waals surface area contributed by atoms with E-state index in [2.05, 4.69) is 15.8 Å². The molecule has 2 amide bonds. The van der Waals surface area contributed by atoms with Gasteiger partial charge in [-0.3, -0.25) is 19.8 Å². The Morgan fingerprint density at radius 2 is 1.84 bits per heavy atom. The third kappa shape index (κ3) is 5.88. The molecule has 8 heteroatoms. The SMILES string of the molecule is CCN(CC(=O)Nc1cc(C)no1)CC(=O)Nc1cc(Cl)ccc1C. The molecule has 0 bridgehead atoms. The zero-order valence-electron chi connectivity index (χ0n) is 14.4. The van der Waals surface area contributed by atoms with E-state index in [0.717, 1.165) is 5.56 Å². The molecule has 0 fully saturated rings. The van der Waals surface area contributed by atoms with Gasteiger partial charge in [0, 0.05) is 16.8 Å². The molecule has 0 atom stereocenters. The fourth-order valence-corrected chi connectivity index (χ4v) is 2.38. The van der Waals surface area contributed by atoms with Crippen molar-refractivity contribution in [1.29, 1.82) is 0 Å². The molecule has 7 nitrogen and oxygen atoms in total. The summed E-state index contributed by atoms with van der Waals surface area (Å²) in [7, 11) is 0. The van der Waals surface area contributed by atoms with E-state index in [1.54, 1.807) is 30.0 Å². The molecule has 0 saturated carbocycles. The average Bonchev–Trinajstić information content (AvgIpc) is 2.95.